The molecule has 1 fully saturated rings. The zero-order valence-electron chi connectivity index (χ0n) is 14.6. The minimum Gasteiger partial charge on any atom is -0.356 e. The van der Waals surface area contributed by atoms with E-state index in [9.17, 15) is 0 Å². The van der Waals surface area contributed by atoms with Crippen LogP contribution in [0.3, 0.4) is 0 Å². The zero-order valence-corrected chi connectivity index (χ0v) is 17.7. The molecule has 2 atom stereocenters. The summed E-state index contributed by atoms with van der Waals surface area (Å²) < 4.78 is 0. The lowest BCUT2D eigenvalue weighted by atomic mass is 9.84. The third kappa shape index (κ3) is 6.95. The number of hydrogen-bond donors (Lipinski definition) is 2. The van der Waals surface area contributed by atoms with Crippen LogP contribution >= 0.6 is 35.3 Å². The maximum Gasteiger partial charge on any atom is 0.191 e. The molecule has 0 aliphatic heterocycles. The highest BCUT2D eigenvalue weighted by atomic mass is 127. The van der Waals surface area contributed by atoms with Crippen LogP contribution in [0.4, 0.5) is 0 Å². The van der Waals surface area contributed by atoms with E-state index in [-0.39, 0.29) is 24.0 Å². The Balaban J connectivity index is 0.00000264. The Kier molecular flexibility index (Phi) is 10.1. The first-order valence-electron chi connectivity index (χ1n) is 8.65. The van der Waals surface area contributed by atoms with Gasteiger partial charge in [0.05, 0.1) is 5.01 Å². The number of aliphatic imine (C=N–C) groups is 1. The molecule has 6 heteroatoms. The summed E-state index contributed by atoms with van der Waals surface area (Å²) in [7, 11) is 1.86. The third-order valence-electron chi connectivity index (χ3n) is 4.51. The number of thiazole rings is 1. The molecule has 0 bridgehead atoms. The van der Waals surface area contributed by atoms with Crippen LogP contribution in [-0.4, -0.2) is 30.6 Å². The van der Waals surface area contributed by atoms with E-state index in [0.29, 0.717) is 6.04 Å². The Morgan fingerprint density at radius 1 is 1.39 bits per heavy atom. The molecule has 1 aliphatic carbocycles. The van der Waals surface area contributed by atoms with Gasteiger partial charge in [-0.25, -0.2) is 4.98 Å². The van der Waals surface area contributed by atoms with E-state index in [2.05, 4.69) is 34.5 Å². The molecule has 0 spiro atoms. The lowest BCUT2D eigenvalue weighted by Gasteiger charge is -2.30. The van der Waals surface area contributed by atoms with Crippen molar-refractivity contribution in [1.29, 1.82) is 0 Å². The van der Waals surface area contributed by atoms with Gasteiger partial charge in [-0.3, -0.25) is 4.99 Å². The minimum atomic E-state index is 0. The quantitative estimate of drug-likeness (QED) is 0.391. The SMILES string of the molecule is CCc1cnc(CCNC(=NC)NC2CCCC(CC)C2)s1.I. The molecule has 1 aliphatic rings. The molecule has 1 saturated carbocycles. The second kappa shape index (κ2) is 11.2. The van der Waals surface area contributed by atoms with E-state index in [1.807, 2.05) is 24.6 Å². The highest BCUT2D eigenvalue weighted by Gasteiger charge is 2.21. The maximum atomic E-state index is 4.46. The molecule has 0 saturated heterocycles. The molecular weight excluding hydrogens is 419 g/mol. The Morgan fingerprint density at radius 3 is 2.87 bits per heavy atom. The molecule has 1 aromatic heterocycles. The van der Waals surface area contributed by atoms with Crippen LogP contribution in [0.15, 0.2) is 11.2 Å². The molecule has 2 rings (SSSR count). The summed E-state index contributed by atoms with van der Waals surface area (Å²) in [6.45, 7) is 5.37. The summed E-state index contributed by atoms with van der Waals surface area (Å²) in [4.78, 5) is 10.2. The van der Waals surface area contributed by atoms with Crippen molar-refractivity contribution in [3.63, 3.8) is 0 Å². The van der Waals surface area contributed by atoms with Crippen molar-refractivity contribution in [2.75, 3.05) is 13.6 Å². The van der Waals surface area contributed by atoms with Gasteiger partial charge in [-0.2, -0.15) is 0 Å². The van der Waals surface area contributed by atoms with E-state index in [1.165, 1.54) is 42.0 Å². The van der Waals surface area contributed by atoms with Gasteiger partial charge in [0.25, 0.3) is 0 Å². The lowest BCUT2D eigenvalue weighted by molar-refractivity contribution is 0.298. The van der Waals surface area contributed by atoms with Crippen LogP contribution in [0, 0.1) is 5.92 Å². The van der Waals surface area contributed by atoms with Crippen molar-refractivity contribution >= 4 is 41.3 Å². The Morgan fingerprint density at radius 2 is 2.22 bits per heavy atom. The predicted octanol–water partition coefficient (Wildman–Crippen LogP) is 4.00. The summed E-state index contributed by atoms with van der Waals surface area (Å²) in [5, 5.41) is 8.24. The van der Waals surface area contributed by atoms with Gasteiger partial charge in [-0.15, -0.1) is 35.3 Å². The average molecular weight is 450 g/mol. The van der Waals surface area contributed by atoms with Crippen LogP contribution in [0.25, 0.3) is 0 Å². The molecule has 132 valence electrons. The summed E-state index contributed by atoms with van der Waals surface area (Å²) in [5.74, 6) is 1.82. The van der Waals surface area contributed by atoms with Crippen molar-refractivity contribution in [3.8, 4) is 0 Å². The third-order valence-corrected chi connectivity index (χ3v) is 5.71. The van der Waals surface area contributed by atoms with Crippen molar-refractivity contribution in [2.24, 2.45) is 10.9 Å². The van der Waals surface area contributed by atoms with Gasteiger partial charge in [0, 0.05) is 37.1 Å². The highest BCUT2D eigenvalue weighted by Crippen LogP contribution is 2.26. The minimum absolute atomic E-state index is 0. The summed E-state index contributed by atoms with van der Waals surface area (Å²) in [5.41, 5.74) is 0. The molecule has 4 nitrogen and oxygen atoms in total. The first-order valence-corrected chi connectivity index (χ1v) is 9.47. The first-order chi connectivity index (χ1) is 10.7. The molecule has 0 amide bonds. The van der Waals surface area contributed by atoms with Gasteiger partial charge in [-0.1, -0.05) is 33.1 Å². The maximum absolute atomic E-state index is 4.46. The Labute approximate surface area is 162 Å². The highest BCUT2D eigenvalue weighted by molar-refractivity contribution is 14.0. The second-order valence-electron chi connectivity index (χ2n) is 6.10. The first kappa shape index (κ1) is 20.7. The van der Waals surface area contributed by atoms with E-state index >= 15 is 0 Å². The number of halogens is 1. The molecule has 2 N–H and O–H groups in total. The molecule has 0 radical (unpaired) electrons. The fourth-order valence-corrected chi connectivity index (χ4v) is 3.96. The summed E-state index contributed by atoms with van der Waals surface area (Å²) >= 11 is 1.82. The number of aromatic nitrogens is 1. The predicted molar refractivity (Wildman–Crippen MR) is 111 cm³/mol. The fourth-order valence-electron chi connectivity index (χ4n) is 3.10. The monoisotopic (exact) mass is 450 g/mol. The fraction of sp³-hybridized carbons (Fsp3) is 0.765. The zero-order chi connectivity index (χ0) is 15.8. The normalized spacial score (nSPS) is 21.6. The molecular formula is C17H31IN4S. The largest absolute Gasteiger partial charge is 0.356 e. The molecule has 23 heavy (non-hydrogen) atoms. The number of guanidine groups is 1. The van der Waals surface area contributed by atoms with E-state index < -0.39 is 0 Å². The second-order valence-corrected chi connectivity index (χ2v) is 7.30. The molecule has 1 aromatic rings. The van der Waals surface area contributed by atoms with Crippen molar-refractivity contribution in [1.82, 2.24) is 15.6 Å². The van der Waals surface area contributed by atoms with Crippen LogP contribution in [0.1, 0.15) is 55.8 Å². The molecule has 2 unspecified atom stereocenters. The van der Waals surface area contributed by atoms with Gasteiger partial charge in [0.15, 0.2) is 5.96 Å². The number of rotatable bonds is 6. The summed E-state index contributed by atoms with van der Waals surface area (Å²) in [6, 6.07) is 0.580. The number of nitrogens with one attached hydrogen (secondary N) is 2. The van der Waals surface area contributed by atoms with Gasteiger partial charge >= 0.3 is 0 Å². The van der Waals surface area contributed by atoms with Crippen molar-refractivity contribution < 1.29 is 0 Å². The number of nitrogens with zero attached hydrogens (tertiary/aromatic N) is 2. The number of hydrogen-bond acceptors (Lipinski definition) is 3. The molecule has 1 heterocycles. The topological polar surface area (TPSA) is 49.3 Å². The van der Waals surface area contributed by atoms with Gasteiger partial charge in [0.1, 0.15) is 0 Å². The van der Waals surface area contributed by atoms with E-state index in [1.54, 1.807) is 0 Å². The van der Waals surface area contributed by atoms with Gasteiger partial charge < -0.3 is 10.6 Å². The van der Waals surface area contributed by atoms with Crippen LogP contribution in [0.2, 0.25) is 0 Å². The van der Waals surface area contributed by atoms with Gasteiger partial charge in [-0.05, 0) is 25.2 Å². The van der Waals surface area contributed by atoms with Crippen LogP contribution in [0.5, 0.6) is 0 Å². The van der Waals surface area contributed by atoms with E-state index in [4.69, 9.17) is 0 Å². The standard InChI is InChI=1S/C17H30N4S.HI/c1-4-13-7-6-8-14(11-13)21-17(18-3)19-10-9-16-20-12-15(5-2)22-16;/h12-14H,4-11H2,1-3H3,(H2,18,19,21);1H. The van der Waals surface area contributed by atoms with Crippen LogP contribution in [-0.2, 0) is 12.8 Å². The average Bonchev–Trinajstić information content (AvgIpc) is 3.02. The lowest BCUT2D eigenvalue weighted by Crippen LogP contribution is -2.45. The van der Waals surface area contributed by atoms with Crippen LogP contribution < -0.4 is 10.6 Å². The summed E-state index contributed by atoms with van der Waals surface area (Å²) in [6.07, 6.45) is 10.6. The Bertz CT molecular complexity index is 475. The number of aryl methyl sites for hydroxylation is 1. The van der Waals surface area contributed by atoms with Crippen molar-refractivity contribution in [2.45, 2.75) is 64.8 Å². The van der Waals surface area contributed by atoms with Crippen molar-refractivity contribution in [3.05, 3.63) is 16.1 Å². The molecule has 0 aromatic carbocycles. The van der Waals surface area contributed by atoms with Gasteiger partial charge in [0.2, 0.25) is 0 Å². The smallest absolute Gasteiger partial charge is 0.191 e. The Hall–Kier alpha value is -0.370. The van der Waals surface area contributed by atoms with E-state index in [0.717, 1.165) is 31.3 Å².